The van der Waals surface area contributed by atoms with Crippen LogP contribution in [-0.2, 0) is 11.3 Å². The van der Waals surface area contributed by atoms with E-state index in [9.17, 15) is 4.79 Å². The number of aliphatic carboxylic acids is 1. The molecule has 5 heteroatoms. The summed E-state index contributed by atoms with van der Waals surface area (Å²) < 4.78 is 6.43. The molecule has 0 aromatic carbocycles. The predicted molar refractivity (Wildman–Crippen MR) is 71.3 cm³/mol. The Bertz CT molecular complexity index is 405. The first kappa shape index (κ1) is 13.6. The minimum Gasteiger partial charge on any atom is -0.481 e. The molecule has 1 aromatic rings. The lowest BCUT2D eigenvalue weighted by atomic mass is 9.93. The number of carboxylic acids is 1. The number of rotatable bonds is 5. The van der Waals surface area contributed by atoms with Crippen molar-refractivity contribution in [2.24, 2.45) is 5.92 Å². The van der Waals surface area contributed by atoms with Crippen LogP contribution in [0.15, 0.2) is 21.2 Å². The summed E-state index contributed by atoms with van der Waals surface area (Å²) in [5, 5.41) is 8.72. The van der Waals surface area contributed by atoms with Crippen molar-refractivity contribution in [2.45, 2.75) is 32.2 Å². The summed E-state index contributed by atoms with van der Waals surface area (Å²) in [7, 11) is 0. The van der Waals surface area contributed by atoms with Crippen LogP contribution < -0.4 is 0 Å². The third-order valence-corrected chi connectivity index (χ3v) is 4.13. The molecule has 18 heavy (non-hydrogen) atoms. The van der Waals surface area contributed by atoms with Crippen molar-refractivity contribution in [1.82, 2.24) is 4.90 Å². The minimum atomic E-state index is -0.694. The van der Waals surface area contributed by atoms with Crippen LogP contribution in [0.4, 0.5) is 0 Å². The van der Waals surface area contributed by atoms with Gasteiger partial charge in [0.1, 0.15) is 5.76 Å². The molecule has 4 nitrogen and oxygen atoms in total. The quantitative estimate of drug-likeness (QED) is 0.907. The van der Waals surface area contributed by atoms with Gasteiger partial charge in [0, 0.05) is 13.0 Å². The fourth-order valence-electron chi connectivity index (χ4n) is 2.50. The van der Waals surface area contributed by atoms with Gasteiger partial charge in [-0.15, -0.1) is 0 Å². The van der Waals surface area contributed by atoms with Crippen molar-refractivity contribution in [1.29, 1.82) is 0 Å². The summed E-state index contributed by atoms with van der Waals surface area (Å²) >= 11 is 3.46. The first-order chi connectivity index (χ1) is 8.65. The molecule has 1 saturated heterocycles. The Balaban J connectivity index is 1.83. The van der Waals surface area contributed by atoms with Gasteiger partial charge in [-0.3, -0.25) is 9.69 Å². The second kappa shape index (κ2) is 6.38. The van der Waals surface area contributed by atoms with Gasteiger partial charge in [0.05, 0.1) is 17.3 Å². The summed E-state index contributed by atoms with van der Waals surface area (Å²) in [5.41, 5.74) is 0. The monoisotopic (exact) mass is 315 g/mol. The lowest BCUT2D eigenvalue weighted by Crippen LogP contribution is -2.35. The van der Waals surface area contributed by atoms with Crippen molar-refractivity contribution in [3.8, 4) is 0 Å². The molecule has 0 saturated carbocycles. The number of halogens is 1. The molecule has 0 bridgehead atoms. The second-order valence-electron chi connectivity index (χ2n) is 4.87. The van der Waals surface area contributed by atoms with Crippen LogP contribution in [-0.4, -0.2) is 29.1 Å². The minimum absolute atomic E-state index is 0.281. The summed E-state index contributed by atoms with van der Waals surface area (Å²) in [4.78, 5) is 12.9. The molecular formula is C13H18BrNO3. The van der Waals surface area contributed by atoms with Gasteiger partial charge in [0.15, 0.2) is 0 Å². The third-order valence-electron chi connectivity index (χ3n) is 3.43. The molecule has 1 aromatic heterocycles. The smallest absolute Gasteiger partial charge is 0.303 e. The summed E-state index contributed by atoms with van der Waals surface area (Å²) in [6.07, 6.45) is 5.03. The average molecular weight is 316 g/mol. The Morgan fingerprint density at radius 2 is 2.44 bits per heavy atom. The SMILES string of the molecule is O=C(O)CCC1CCCN(Cc2occc2Br)C1. The zero-order valence-electron chi connectivity index (χ0n) is 10.3. The van der Waals surface area contributed by atoms with E-state index in [2.05, 4.69) is 20.8 Å². The molecule has 1 atom stereocenters. The molecule has 2 heterocycles. The number of carboxylic acid groups (broad SMARTS) is 1. The standard InChI is InChI=1S/C13H18BrNO3/c14-11-5-7-18-12(11)9-15-6-1-2-10(8-15)3-4-13(16)17/h5,7,10H,1-4,6,8-9H2,(H,16,17). The van der Waals surface area contributed by atoms with Crippen LogP contribution in [0, 0.1) is 5.92 Å². The number of furan rings is 1. The summed E-state index contributed by atoms with van der Waals surface area (Å²) in [6, 6.07) is 1.90. The van der Waals surface area contributed by atoms with Crippen LogP contribution in [0.3, 0.4) is 0 Å². The largest absolute Gasteiger partial charge is 0.481 e. The fraction of sp³-hybridized carbons (Fsp3) is 0.615. The molecule has 0 radical (unpaired) electrons. The van der Waals surface area contributed by atoms with Crippen molar-refractivity contribution < 1.29 is 14.3 Å². The van der Waals surface area contributed by atoms with E-state index < -0.39 is 5.97 Å². The van der Waals surface area contributed by atoms with Crippen LogP contribution in [0.25, 0.3) is 0 Å². The van der Waals surface area contributed by atoms with Gasteiger partial charge < -0.3 is 9.52 Å². The van der Waals surface area contributed by atoms with Gasteiger partial charge in [-0.25, -0.2) is 0 Å². The Hall–Kier alpha value is -0.810. The highest BCUT2D eigenvalue weighted by atomic mass is 79.9. The second-order valence-corrected chi connectivity index (χ2v) is 5.72. The molecule has 0 spiro atoms. The number of hydrogen-bond donors (Lipinski definition) is 1. The van der Waals surface area contributed by atoms with E-state index in [-0.39, 0.29) is 6.42 Å². The number of piperidine rings is 1. The topological polar surface area (TPSA) is 53.7 Å². The molecule has 2 rings (SSSR count). The number of nitrogens with zero attached hydrogens (tertiary/aromatic N) is 1. The summed E-state index contributed by atoms with van der Waals surface area (Å²) in [5.74, 6) is 0.762. The first-order valence-electron chi connectivity index (χ1n) is 6.31. The lowest BCUT2D eigenvalue weighted by Gasteiger charge is -2.32. The maximum Gasteiger partial charge on any atom is 0.303 e. The van der Waals surface area contributed by atoms with Gasteiger partial charge in [0.2, 0.25) is 0 Å². The van der Waals surface area contributed by atoms with Crippen molar-refractivity contribution in [2.75, 3.05) is 13.1 Å². The van der Waals surface area contributed by atoms with Crippen LogP contribution in [0.2, 0.25) is 0 Å². The van der Waals surface area contributed by atoms with Gasteiger partial charge >= 0.3 is 5.97 Å². The van der Waals surface area contributed by atoms with Gasteiger partial charge in [-0.05, 0) is 53.7 Å². The summed E-state index contributed by atoms with van der Waals surface area (Å²) in [6.45, 7) is 2.84. The first-order valence-corrected chi connectivity index (χ1v) is 7.10. The molecule has 1 aliphatic rings. The zero-order valence-corrected chi connectivity index (χ0v) is 11.9. The molecule has 1 N–H and O–H groups in total. The molecule has 1 unspecified atom stereocenters. The van der Waals surface area contributed by atoms with Crippen LogP contribution in [0.5, 0.6) is 0 Å². The van der Waals surface area contributed by atoms with Gasteiger partial charge in [0.25, 0.3) is 0 Å². The number of likely N-dealkylation sites (tertiary alicyclic amines) is 1. The van der Waals surface area contributed by atoms with E-state index in [1.807, 2.05) is 6.07 Å². The maximum absolute atomic E-state index is 10.6. The molecule has 1 fully saturated rings. The van der Waals surface area contributed by atoms with Crippen molar-refractivity contribution in [3.63, 3.8) is 0 Å². The van der Waals surface area contributed by atoms with E-state index in [0.29, 0.717) is 5.92 Å². The highest BCUT2D eigenvalue weighted by Gasteiger charge is 2.21. The van der Waals surface area contributed by atoms with E-state index in [0.717, 1.165) is 49.1 Å². The molecule has 1 aliphatic heterocycles. The predicted octanol–water partition coefficient (Wildman–Crippen LogP) is 3.12. The maximum atomic E-state index is 10.6. The molecular weight excluding hydrogens is 298 g/mol. The average Bonchev–Trinajstić information content (AvgIpc) is 2.73. The van der Waals surface area contributed by atoms with E-state index in [4.69, 9.17) is 9.52 Å². The fourth-order valence-corrected chi connectivity index (χ4v) is 2.83. The van der Waals surface area contributed by atoms with E-state index in [1.54, 1.807) is 6.26 Å². The number of hydrogen-bond acceptors (Lipinski definition) is 3. The Morgan fingerprint density at radius 1 is 1.61 bits per heavy atom. The van der Waals surface area contributed by atoms with E-state index in [1.165, 1.54) is 0 Å². The van der Waals surface area contributed by atoms with Gasteiger partial charge in [-0.2, -0.15) is 0 Å². The Labute approximate surface area is 115 Å². The van der Waals surface area contributed by atoms with Gasteiger partial charge in [-0.1, -0.05) is 0 Å². The van der Waals surface area contributed by atoms with Crippen LogP contribution >= 0.6 is 15.9 Å². The normalized spacial score (nSPS) is 21.1. The molecule has 0 amide bonds. The number of carbonyl (C=O) groups is 1. The third kappa shape index (κ3) is 3.85. The highest BCUT2D eigenvalue weighted by molar-refractivity contribution is 9.10. The van der Waals surface area contributed by atoms with E-state index >= 15 is 0 Å². The Morgan fingerprint density at radius 3 is 3.11 bits per heavy atom. The Kier molecular flexibility index (Phi) is 4.83. The molecule has 100 valence electrons. The lowest BCUT2D eigenvalue weighted by molar-refractivity contribution is -0.137. The van der Waals surface area contributed by atoms with Crippen LogP contribution in [0.1, 0.15) is 31.4 Å². The van der Waals surface area contributed by atoms with Crippen molar-refractivity contribution >= 4 is 21.9 Å². The molecule has 0 aliphatic carbocycles. The van der Waals surface area contributed by atoms with Crippen molar-refractivity contribution in [3.05, 3.63) is 22.6 Å². The zero-order chi connectivity index (χ0) is 13.0. The highest BCUT2D eigenvalue weighted by Crippen LogP contribution is 2.25.